The first-order chi connectivity index (χ1) is 11.6. The van der Waals surface area contributed by atoms with Gasteiger partial charge in [0.05, 0.1) is 6.20 Å². The van der Waals surface area contributed by atoms with Gasteiger partial charge in [-0.2, -0.15) is 5.10 Å². The molecule has 1 aromatic heterocycles. The summed E-state index contributed by atoms with van der Waals surface area (Å²) >= 11 is 0. The van der Waals surface area contributed by atoms with Gasteiger partial charge >= 0.3 is 0 Å². The van der Waals surface area contributed by atoms with Crippen molar-refractivity contribution in [2.75, 3.05) is 13.1 Å². The maximum absolute atomic E-state index is 12.6. The number of aromatic nitrogens is 2. The van der Waals surface area contributed by atoms with Crippen molar-refractivity contribution in [3.05, 3.63) is 12.4 Å². The first-order valence-electron chi connectivity index (χ1n) is 9.37. The van der Waals surface area contributed by atoms with Gasteiger partial charge < -0.3 is 0 Å². The number of piperidine rings is 1. The smallest absolute Gasteiger partial charge is 0.243 e. The van der Waals surface area contributed by atoms with E-state index in [4.69, 9.17) is 0 Å². The molecule has 1 saturated carbocycles. The molecule has 1 N–H and O–H groups in total. The van der Waals surface area contributed by atoms with Gasteiger partial charge in [0.1, 0.15) is 4.90 Å². The fraction of sp³-hybridized carbons (Fsp3) is 0.824. The summed E-state index contributed by atoms with van der Waals surface area (Å²) in [5.41, 5.74) is 0. The van der Waals surface area contributed by atoms with Gasteiger partial charge in [0, 0.05) is 31.4 Å². The Kier molecular flexibility index (Phi) is 5.94. The fourth-order valence-corrected chi connectivity index (χ4v) is 5.21. The molecule has 1 saturated heterocycles. The maximum atomic E-state index is 12.6. The highest BCUT2D eigenvalue weighted by molar-refractivity contribution is 7.89. The van der Waals surface area contributed by atoms with Crippen molar-refractivity contribution in [1.29, 1.82) is 0 Å². The van der Waals surface area contributed by atoms with Crippen molar-refractivity contribution < 1.29 is 8.42 Å². The molecule has 2 aliphatic rings. The number of nitrogens with zero attached hydrogens (tertiary/aromatic N) is 3. The lowest BCUT2D eigenvalue weighted by Gasteiger charge is -2.38. The molecule has 0 bridgehead atoms. The van der Waals surface area contributed by atoms with E-state index in [1.807, 2.05) is 6.92 Å². The number of sulfonamides is 1. The third-order valence-corrected chi connectivity index (χ3v) is 6.83. The third kappa shape index (κ3) is 4.37. The molecular weight excluding hydrogens is 324 g/mol. The van der Waals surface area contributed by atoms with E-state index in [2.05, 4.69) is 14.7 Å². The van der Waals surface area contributed by atoms with Crippen LogP contribution in [0.15, 0.2) is 17.3 Å². The monoisotopic (exact) mass is 354 g/mol. The molecule has 24 heavy (non-hydrogen) atoms. The van der Waals surface area contributed by atoms with Gasteiger partial charge in [-0.25, -0.2) is 13.1 Å². The minimum Gasteiger partial charge on any atom is -0.299 e. The Morgan fingerprint density at radius 3 is 2.58 bits per heavy atom. The molecule has 1 atom stereocenters. The molecule has 2 heterocycles. The Labute approximate surface area is 145 Å². The van der Waals surface area contributed by atoms with E-state index in [0.29, 0.717) is 12.6 Å². The first-order valence-corrected chi connectivity index (χ1v) is 10.9. The Hall–Kier alpha value is -0.920. The van der Waals surface area contributed by atoms with E-state index in [1.54, 1.807) is 10.9 Å². The van der Waals surface area contributed by atoms with Crippen LogP contribution in [-0.2, 0) is 16.6 Å². The average Bonchev–Trinajstić information content (AvgIpc) is 2.91. The molecule has 0 spiro atoms. The molecule has 1 aromatic rings. The topological polar surface area (TPSA) is 67.2 Å². The van der Waals surface area contributed by atoms with Crippen LogP contribution in [0.4, 0.5) is 0 Å². The molecule has 0 amide bonds. The van der Waals surface area contributed by atoms with E-state index in [1.165, 1.54) is 44.7 Å². The van der Waals surface area contributed by atoms with Crippen LogP contribution in [0.25, 0.3) is 0 Å². The normalized spacial score (nSPS) is 24.8. The predicted molar refractivity (Wildman–Crippen MR) is 94.3 cm³/mol. The molecular formula is C17H30N4O2S. The summed E-state index contributed by atoms with van der Waals surface area (Å²) in [4.78, 5) is 2.80. The van der Waals surface area contributed by atoms with E-state index in [0.717, 1.165) is 25.9 Å². The predicted octanol–water partition coefficient (Wildman–Crippen LogP) is 2.37. The molecule has 6 nitrogen and oxygen atoms in total. The number of rotatable bonds is 5. The van der Waals surface area contributed by atoms with Gasteiger partial charge in [-0.05, 0) is 39.2 Å². The first kappa shape index (κ1) is 17.9. The minimum atomic E-state index is -3.47. The highest BCUT2D eigenvalue weighted by Gasteiger charge is 2.29. The lowest BCUT2D eigenvalue weighted by Crippen LogP contribution is -2.50. The van der Waals surface area contributed by atoms with Gasteiger partial charge in [-0.1, -0.05) is 25.7 Å². The van der Waals surface area contributed by atoms with E-state index >= 15 is 0 Å². The zero-order valence-corrected chi connectivity index (χ0v) is 15.5. The summed E-state index contributed by atoms with van der Waals surface area (Å²) in [5.74, 6) is 0. The van der Waals surface area contributed by atoms with E-state index < -0.39 is 10.0 Å². The lowest BCUT2D eigenvalue weighted by atomic mass is 10.0. The lowest BCUT2D eigenvalue weighted by molar-refractivity contribution is 0.132. The second kappa shape index (κ2) is 7.97. The molecule has 136 valence electrons. The molecule has 0 aromatic carbocycles. The molecule has 0 radical (unpaired) electrons. The van der Waals surface area contributed by atoms with Crippen LogP contribution in [0.3, 0.4) is 0 Å². The Bertz CT molecular complexity index is 620. The van der Waals surface area contributed by atoms with Gasteiger partial charge in [-0.3, -0.25) is 9.58 Å². The maximum Gasteiger partial charge on any atom is 0.243 e. The Morgan fingerprint density at radius 1 is 1.17 bits per heavy atom. The van der Waals surface area contributed by atoms with Crippen LogP contribution in [0.5, 0.6) is 0 Å². The van der Waals surface area contributed by atoms with Crippen molar-refractivity contribution in [2.24, 2.45) is 0 Å². The summed E-state index contributed by atoms with van der Waals surface area (Å²) in [5, 5.41) is 4.08. The minimum absolute atomic E-state index is 0.0111. The van der Waals surface area contributed by atoms with Gasteiger partial charge in [0.15, 0.2) is 0 Å². The Balaban J connectivity index is 1.62. The molecule has 1 aliphatic heterocycles. The van der Waals surface area contributed by atoms with Crippen LogP contribution in [-0.4, -0.2) is 48.3 Å². The number of nitrogens with one attached hydrogen (secondary N) is 1. The molecule has 2 fully saturated rings. The van der Waals surface area contributed by atoms with Crippen molar-refractivity contribution in [3.8, 4) is 0 Å². The van der Waals surface area contributed by atoms with Crippen LogP contribution < -0.4 is 4.72 Å². The summed E-state index contributed by atoms with van der Waals surface area (Å²) in [6.45, 7) is 4.57. The van der Waals surface area contributed by atoms with E-state index in [-0.39, 0.29) is 10.9 Å². The number of likely N-dealkylation sites (tertiary alicyclic amines) is 1. The van der Waals surface area contributed by atoms with Gasteiger partial charge in [0.2, 0.25) is 10.0 Å². The van der Waals surface area contributed by atoms with Crippen LogP contribution in [0.1, 0.15) is 58.3 Å². The fourth-order valence-electron chi connectivity index (χ4n) is 4.00. The molecule has 3 rings (SSSR count). The average molecular weight is 355 g/mol. The van der Waals surface area contributed by atoms with Crippen LogP contribution >= 0.6 is 0 Å². The molecule has 7 heteroatoms. The molecule has 0 unspecified atom stereocenters. The quantitative estimate of drug-likeness (QED) is 0.825. The van der Waals surface area contributed by atoms with Crippen molar-refractivity contribution in [1.82, 2.24) is 19.4 Å². The Morgan fingerprint density at radius 2 is 1.92 bits per heavy atom. The highest BCUT2D eigenvalue weighted by Crippen LogP contribution is 2.25. The SMILES string of the molecule is CCn1cc(S(=O)(=O)N[C@@H]2CCCN(C3CCCCCC3)C2)cn1. The summed E-state index contributed by atoms with van der Waals surface area (Å²) in [7, 11) is -3.47. The van der Waals surface area contributed by atoms with Crippen LogP contribution in [0.2, 0.25) is 0 Å². The largest absolute Gasteiger partial charge is 0.299 e. The summed E-state index contributed by atoms with van der Waals surface area (Å²) in [6.07, 6.45) is 12.9. The van der Waals surface area contributed by atoms with Crippen molar-refractivity contribution in [2.45, 2.75) is 81.8 Å². The van der Waals surface area contributed by atoms with Crippen LogP contribution in [0, 0.1) is 0 Å². The zero-order chi connectivity index (χ0) is 17.0. The summed E-state index contributed by atoms with van der Waals surface area (Å²) < 4.78 is 29.7. The number of hydrogen-bond donors (Lipinski definition) is 1. The van der Waals surface area contributed by atoms with Crippen molar-refractivity contribution >= 4 is 10.0 Å². The standard InChI is InChI=1S/C17H30N4O2S/c1-2-21-14-17(12-18-21)24(22,23)19-15-8-7-11-20(13-15)16-9-5-3-4-6-10-16/h12,14-16,19H,2-11,13H2,1H3/t15-/m1/s1. The molecule has 1 aliphatic carbocycles. The van der Waals surface area contributed by atoms with Crippen molar-refractivity contribution in [3.63, 3.8) is 0 Å². The third-order valence-electron chi connectivity index (χ3n) is 5.36. The zero-order valence-electron chi connectivity index (χ0n) is 14.7. The van der Waals surface area contributed by atoms with Gasteiger partial charge in [0.25, 0.3) is 0 Å². The second-order valence-corrected chi connectivity index (χ2v) is 8.85. The number of aryl methyl sites for hydroxylation is 1. The van der Waals surface area contributed by atoms with Gasteiger partial charge in [-0.15, -0.1) is 0 Å². The summed E-state index contributed by atoms with van der Waals surface area (Å²) in [6, 6.07) is 0.652. The second-order valence-electron chi connectivity index (χ2n) is 7.13. The number of hydrogen-bond acceptors (Lipinski definition) is 4. The van der Waals surface area contributed by atoms with E-state index in [9.17, 15) is 8.42 Å². The highest BCUT2D eigenvalue weighted by atomic mass is 32.2.